The Balaban J connectivity index is 1.39. The summed E-state index contributed by atoms with van der Waals surface area (Å²) in [6, 6.07) is 17.6. The van der Waals surface area contributed by atoms with Crippen LogP contribution in [0.25, 0.3) is 17.1 Å². The van der Waals surface area contributed by atoms with E-state index in [1.807, 2.05) is 55.5 Å². The van der Waals surface area contributed by atoms with Crippen LogP contribution >= 0.6 is 0 Å². The highest BCUT2D eigenvalue weighted by molar-refractivity contribution is 5.93. The van der Waals surface area contributed by atoms with E-state index >= 15 is 0 Å². The number of allylic oxidation sites excluding steroid dienone is 1. The van der Waals surface area contributed by atoms with Crippen molar-refractivity contribution >= 4 is 23.0 Å². The zero-order chi connectivity index (χ0) is 25.3. The Bertz CT molecular complexity index is 1330. The second-order valence-electron chi connectivity index (χ2n) is 8.54. The first-order chi connectivity index (χ1) is 17.6. The van der Waals surface area contributed by atoms with Crippen molar-refractivity contribution in [2.75, 3.05) is 20.8 Å². The Morgan fingerprint density at radius 1 is 1.08 bits per heavy atom. The van der Waals surface area contributed by atoms with Crippen LogP contribution in [0.3, 0.4) is 0 Å². The third kappa shape index (κ3) is 5.92. The van der Waals surface area contributed by atoms with E-state index in [4.69, 9.17) is 14.5 Å². The molecule has 7 heteroatoms. The van der Waals surface area contributed by atoms with Crippen molar-refractivity contribution in [2.24, 2.45) is 0 Å². The second-order valence-corrected chi connectivity index (χ2v) is 8.54. The van der Waals surface area contributed by atoms with E-state index in [0.29, 0.717) is 18.7 Å². The summed E-state index contributed by atoms with van der Waals surface area (Å²) in [5, 5.41) is 0. The summed E-state index contributed by atoms with van der Waals surface area (Å²) in [5.74, 6) is 2.26. The van der Waals surface area contributed by atoms with E-state index in [1.54, 1.807) is 43.6 Å². The summed E-state index contributed by atoms with van der Waals surface area (Å²) in [6.45, 7) is 3.77. The minimum absolute atomic E-state index is 0.0792. The van der Waals surface area contributed by atoms with Gasteiger partial charge in [0.25, 0.3) is 5.91 Å². The number of aryl methyl sites for hydroxylation is 1. The zero-order valence-electron chi connectivity index (χ0n) is 21.1. The summed E-state index contributed by atoms with van der Waals surface area (Å²) < 4.78 is 13.7. The van der Waals surface area contributed by atoms with Crippen molar-refractivity contribution in [3.63, 3.8) is 0 Å². The topological polar surface area (TPSA) is 69.5 Å². The van der Waals surface area contributed by atoms with E-state index in [2.05, 4.69) is 15.6 Å². The molecule has 0 atom stereocenters. The van der Waals surface area contributed by atoms with Crippen LogP contribution in [0, 0.1) is 0 Å². The first kappa shape index (κ1) is 25.0. The highest BCUT2D eigenvalue weighted by Crippen LogP contribution is 2.29. The van der Waals surface area contributed by atoms with E-state index in [0.717, 1.165) is 53.3 Å². The smallest absolute Gasteiger partial charge is 0.255 e. The number of ether oxygens (including phenoxy) is 2. The molecule has 0 unspecified atom stereocenters. The van der Waals surface area contributed by atoms with Crippen LogP contribution in [0.15, 0.2) is 73.1 Å². The van der Waals surface area contributed by atoms with Gasteiger partial charge in [0.15, 0.2) is 11.5 Å². The lowest BCUT2D eigenvalue weighted by Gasteiger charge is -2.18. The van der Waals surface area contributed by atoms with Gasteiger partial charge in [0.1, 0.15) is 5.82 Å². The number of benzene rings is 2. The Labute approximate surface area is 212 Å². The molecule has 4 rings (SSSR count). The third-order valence-electron chi connectivity index (χ3n) is 5.95. The number of nitrogens with zero attached hydrogens (tertiary/aromatic N) is 4. The number of amides is 1. The summed E-state index contributed by atoms with van der Waals surface area (Å²) in [4.78, 5) is 23.4. The average molecular weight is 485 g/mol. The standard InChI is InChI=1S/C29H32N4O3/c1-4-10-22-14-15-26(27(19-22)35-3)36-18-8-7-17-33-25-13-6-5-12-24(25)31-28(33)21-32(2)29(34)23-11-9-16-30-20-23/h4-6,9-16,19-20H,7-8,17-18,21H2,1-3H3/b10-4+. The Morgan fingerprint density at radius 3 is 2.72 bits per heavy atom. The predicted octanol–water partition coefficient (Wildman–Crippen LogP) is 5.60. The van der Waals surface area contributed by atoms with Crippen molar-refractivity contribution in [2.45, 2.75) is 32.9 Å². The summed E-state index contributed by atoms with van der Waals surface area (Å²) in [5.41, 5.74) is 3.64. The molecule has 4 aromatic rings. The van der Waals surface area contributed by atoms with Crippen molar-refractivity contribution in [3.8, 4) is 11.5 Å². The molecule has 0 bridgehead atoms. The monoisotopic (exact) mass is 484 g/mol. The number of imidazole rings is 1. The van der Waals surface area contributed by atoms with Crippen LogP contribution in [0.4, 0.5) is 0 Å². The number of aromatic nitrogens is 3. The zero-order valence-corrected chi connectivity index (χ0v) is 21.1. The molecular formula is C29H32N4O3. The molecule has 0 aliphatic heterocycles. The molecule has 0 spiro atoms. The van der Waals surface area contributed by atoms with Crippen molar-refractivity contribution in [3.05, 3.63) is 90.0 Å². The number of para-hydroxylation sites is 2. The number of pyridine rings is 1. The lowest BCUT2D eigenvalue weighted by atomic mass is 10.2. The highest BCUT2D eigenvalue weighted by Gasteiger charge is 2.17. The number of carbonyl (C=O) groups excluding carboxylic acids is 1. The van der Waals surface area contributed by atoms with Gasteiger partial charge in [-0.3, -0.25) is 9.78 Å². The molecule has 7 nitrogen and oxygen atoms in total. The van der Waals surface area contributed by atoms with E-state index < -0.39 is 0 Å². The largest absolute Gasteiger partial charge is 0.493 e. The van der Waals surface area contributed by atoms with Gasteiger partial charge in [0.2, 0.25) is 0 Å². The van der Waals surface area contributed by atoms with Gasteiger partial charge in [-0.2, -0.15) is 0 Å². The van der Waals surface area contributed by atoms with Crippen LogP contribution in [0.1, 0.15) is 41.5 Å². The van der Waals surface area contributed by atoms with E-state index in [1.165, 1.54) is 0 Å². The van der Waals surface area contributed by atoms with Crippen LogP contribution in [-0.4, -0.2) is 46.1 Å². The number of carbonyl (C=O) groups is 1. The molecule has 0 fully saturated rings. The van der Waals surface area contributed by atoms with Gasteiger partial charge in [-0.25, -0.2) is 4.98 Å². The molecule has 2 heterocycles. The lowest BCUT2D eigenvalue weighted by Crippen LogP contribution is -2.28. The van der Waals surface area contributed by atoms with Crippen LogP contribution in [-0.2, 0) is 13.1 Å². The SMILES string of the molecule is C/C=C/c1ccc(OCCCCn2c(CN(C)C(=O)c3cccnc3)nc3ccccc32)c(OC)c1. The van der Waals surface area contributed by atoms with E-state index in [9.17, 15) is 4.79 Å². The second kappa shape index (κ2) is 12.0. The fourth-order valence-electron chi connectivity index (χ4n) is 4.14. The minimum Gasteiger partial charge on any atom is -0.493 e. The molecule has 2 aromatic heterocycles. The van der Waals surface area contributed by atoms with Gasteiger partial charge in [0.05, 0.1) is 36.9 Å². The summed E-state index contributed by atoms with van der Waals surface area (Å²) in [7, 11) is 3.45. The highest BCUT2D eigenvalue weighted by atomic mass is 16.5. The quantitative estimate of drug-likeness (QED) is 0.259. The number of hydrogen-bond acceptors (Lipinski definition) is 5. The maximum Gasteiger partial charge on any atom is 0.255 e. The number of unbranched alkanes of at least 4 members (excludes halogenated alkanes) is 1. The fourth-order valence-corrected chi connectivity index (χ4v) is 4.14. The Kier molecular flexibility index (Phi) is 8.34. The molecule has 0 saturated heterocycles. The molecule has 0 aliphatic carbocycles. The molecular weight excluding hydrogens is 452 g/mol. The van der Waals surface area contributed by atoms with E-state index in [-0.39, 0.29) is 5.91 Å². The molecule has 186 valence electrons. The molecule has 0 N–H and O–H groups in total. The van der Waals surface area contributed by atoms with Gasteiger partial charge in [-0.15, -0.1) is 0 Å². The molecule has 36 heavy (non-hydrogen) atoms. The maximum atomic E-state index is 12.8. The predicted molar refractivity (Wildman–Crippen MR) is 142 cm³/mol. The lowest BCUT2D eigenvalue weighted by molar-refractivity contribution is 0.0779. The first-order valence-corrected chi connectivity index (χ1v) is 12.1. The average Bonchev–Trinajstić information content (AvgIpc) is 3.26. The van der Waals surface area contributed by atoms with Gasteiger partial charge in [-0.1, -0.05) is 30.4 Å². The van der Waals surface area contributed by atoms with Crippen LogP contribution < -0.4 is 9.47 Å². The Hall–Kier alpha value is -4.13. The van der Waals surface area contributed by atoms with Crippen molar-refractivity contribution in [1.29, 1.82) is 0 Å². The fraction of sp³-hybridized carbons (Fsp3) is 0.276. The summed E-state index contributed by atoms with van der Waals surface area (Å²) >= 11 is 0. The molecule has 0 aliphatic rings. The Morgan fingerprint density at radius 2 is 1.94 bits per heavy atom. The van der Waals surface area contributed by atoms with Gasteiger partial charge >= 0.3 is 0 Å². The molecule has 2 aromatic carbocycles. The number of methoxy groups -OCH3 is 1. The van der Waals surface area contributed by atoms with Crippen LogP contribution in [0.2, 0.25) is 0 Å². The molecule has 0 saturated carbocycles. The number of fused-ring (bicyclic) bond motifs is 1. The third-order valence-corrected chi connectivity index (χ3v) is 5.95. The molecule has 0 radical (unpaired) electrons. The van der Waals surface area contributed by atoms with Crippen molar-refractivity contribution in [1.82, 2.24) is 19.4 Å². The van der Waals surface area contributed by atoms with Crippen molar-refractivity contribution < 1.29 is 14.3 Å². The maximum absolute atomic E-state index is 12.8. The molecule has 1 amide bonds. The van der Waals surface area contributed by atoms with Crippen LogP contribution in [0.5, 0.6) is 11.5 Å². The number of rotatable bonds is 11. The number of hydrogen-bond donors (Lipinski definition) is 0. The summed E-state index contributed by atoms with van der Waals surface area (Å²) in [6.07, 6.45) is 9.05. The minimum atomic E-state index is -0.0792. The normalized spacial score (nSPS) is 11.2. The first-order valence-electron chi connectivity index (χ1n) is 12.1. The van der Waals surface area contributed by atoms with Gasteiger partial charge in [-0.05, 0) is 61.7 Å². The van der Waals surface area contributed by atoms with Gasteiger partial charge < -0.3 is 18.9 Å². The van der Waals surface area contributed by atoms with Gasteiger partial charge in [0, 0.05) is 26.0 Å².